The number of hydrogen-bond donors (Lipinski definition) is 1. The number of H-pyrrole nitrogens is 1. The number of nitrogens with one attached hydrogen (secondary N) is 1. The maximum Gasteiger partial charge on any atom is 0.421 e. The molecule has 1 aliphatic rings. The van der Waals surface area contributed by atoms with E-state index in [1.807, 2.05) is 25.7 Å². The maximum absolute atomic E-state index is 13.0. The number of piperazine rings is 1. The summed E-state index contributed by atoms with van der Waals surface area (Å²) in [6.07, 6.45) is -1.27. The lowest BCUT2D eigenvalue weighted by atomic mass is 10.1. The molecule has 1 N–H and O–H groups in total. The van der Waals surface area contributed by atoms with Crippen LogP contribution >= 0.6 is 0 Å². The van der Waals surface area contributed by atoms with Gasteiger partial charge >= 0.3 is 12.3 Å². The van der Waals surface area contributed by atoms with Crippen LogP contribution < -0.4 is 10.5 Å². The lowest BCUT2D eigenvalue weighted by molar-refractivity contribution is -0.138. The molecule has 0 unspecified atom stereocenters. The predicted molar refractivity (Wildman–Crippen MR) is 111 cm³/mol. The zero-order valence-corrected chi connectivity index (χ0v) is 18.3. The van der Waals surface area contributed by atoms with Crippen molar-refractivity contribution in [2.24, 2.45) is 0 Å². The van der Waals surface area contributed by atoms with Crippen LogP contribution in [0.2, 0.25) is 0 Å². The standard InChI is InChI=1S/C21H26F3N5O3/c1-12-7-26-19(27-8-12)28-10-13(2)29(14(3)11-28)20(31)32-15(4)5-16-6-17(21(22,23)24)18(30)25-9-16/h6-9,13-15H,5,10-11H2,1-4H3,(H,25,30)/t13-,14+,15-/m0/s1. The number of ether oxygens (including phenoxy) is 1. The van der Waals surface area contributed by atoms with Crippen molar-refractivity contribution in [3.8, 4) is 0 Å². The Morgan fingerprint density at radius 3 is 2.41 bits per heavy atom. The fraction of sp³-hybridized carbons (Fsp3) is 0.524. The number of amides is 1. The second-order valence-electron chi connectivity index (χ2n) is 8.22. The Kier molecular flexibility index (Phi) is 6.75. The largest absolute Gasteiger partial charge is 0.446 e. The molecule has 2 aromatic heterocycles. The molecule has 8 nitrogen and oxygen atoms in total. The van der Waals surface area contributed by atoms with Gasteiger partial charge in [0.25, 0.3) is 5.56 Å². The molecule has 0 aliphatic carbocycles. The van der Waals surface area contributed by atoms with Crippen LogP contribution in [-0.4, -0.2) is 57.2 Å². The van der Waals surface area contributed by atoms with Crippen LogP contribution in [0.3, 0.4) is 0 Å². The third kappa shape index (κ3) is 5.38. The van der Waals surface area contributed by atoms with Crippen molar-refractivity contribution in [2.45, 2.75) is 58.5 Å². The average molecular weight is 453 g/mol. The zero-order valence-electron chi connectivity index (χ0n) is 18.3. The number of aromatic nitrogens is 3. The maximum atomic E-state index is 13.0. The molecule has 1 saturated heterocycles. The third-order valence-electron chi connectivity index (χ3n) is 5.27. The van der Waals surface area contributed by atoms with Crippen LogP contribution in [0.25, 0.3) is 0 Å². The van der Waals surface area contributed by atoms with Gasteiger partial charge < -0.3 is 14.6 Å². The quantitative estimate of drug-likeness (QED) is 0.765. The van der Waals surface area contributed by atoms with Gasteiger partial charge in [0.05, 0.1) is 12.1 Å². The summed E-state index contributed by atoms with van der Waals surface area (Å²) in [5, 5.41) is 0. The number of aryl methyl sites for hydroxylation is 1. The van der Waals surface area contributed by atoms with Crippen LogP contribution in [0.5, 0.6) is 0 Å². The van der Waals surface area contributed by atoms with E-state index in [0.29, 0.717) is 19.0 Å². The molecule has 3 rings (SSSR count). The van der Waals surface area contributed by atoms with Gasteiger partial charge in [-0.2, -0.15) is 13.2 Å². The van der Waals surface area contributed by atoms with Gasteiger partial charge in [-0.1, -0.05) is 0 Å². The SMILES string of the molecule is Cc1cnc(N2C[C@@H](C)N(C(=O)O[C@@H](C)Cc3c[nH]c(=O)c(C(F)(F)F)c3)[C@@H](C)C2)nc1. The molecule has 32 heavy (non-hydrogen) atoms. The number of anilines is 1. The van der Waals surface area contributed by atoms with E-state index in [1.54, 1.807) is 24.2 Å². The third-order valence-corrected chi connectivity index (χ3v) is 5.27. The van der Waals surface area contributed by atoms with Crippen LogP contribution in [0.15, 0.2) is 29.5 Å². The Morgan fingerprint density at radius 2 is 1.84 bits per heavy atom. The summed E-state index contributed by atoms with van der Waals surface area (Å²) in [6, 6.07) is 0.413. The number of carbonyl (C=O) groups excluding carboxylic acids is 1. The summed E-state index contributed by atoms with van der Waals surface area (Å²) in [5.41, 5.74) is -1.30. The van der Waals surface area contributed by atoms with Crippen LogP contribution in [-0.2, 0) is 17.3 Å². The lowest BCUT2D eigenvalue weighted by Gasteiger charge is -2.43. The highest BCUT2D eigenvalue weighted by atomic mass is 19.4. The Morgan fingerprint density at radius 1 is 1.25 bits per heavy atom. The number of aromatic amines is 1. The van der Waals surface area contributed by atoms with Gasteiger partial charge in [0.2, 0.25) is 5.95 Å². The van der Waals surface area contributed by atoms with E-state index < -0.39 is 29.5 Å². The van der Waals surface area contributed by atoms with Crippen LogP contribution in [0.1, 0.15) is 37.5 Å². The van der Waals surface area contributed by atoms with Crippen molar-refractivity contribution in [3.63, 3.8) is 0 Å². The van der Waals surface area contributed by atoms with E-state index in [0.717, 1.165) is 11.6 Å². The second kappa shape index (κ2) is 9.17. The highest BCUT2D eigenvalue weighted by Crippen LogP contribution is 2.27. The highest BCUT2D eigenvalue weighted by molar-refractivity contribution is 5.69. The normalized spacial score (nSPS) is 20.2. The molecule has 0 saturated carbocycles. The molecule has 174 valence electrons. The number of hydrogen-bond acceptors (Lipinski definition) is 6. The second-order valence-corrected chi connectivity index (χ2v) is 8.22. The van der Waals surface area contributed by atoms with Crippen molar-refractivity contribution >= 4 is 12.0 Å². The van der Waals surface area contributed by atoms with E-state index in [9.17, 15) is 22.8 Å². The Balaban J connectivity index is 1.63. The molecule has 3 heterocycles. The first-order valence-electron chi connectivity index (χ1n) is 10.3. The molecule has 0 radical (unpaired) electrons. The lowest BCUT2D eigenvalue weighted by Crippen LogP contribution is -2.59. The Labute approximate surface area is 183 Å². The summed E-state index contributed by atoms with van der Waals surface area (Å²) in [5.74, 6) is 0.592. The van der Waals surface area contributed by atoms with Crippen molar-refractivity contribution in [1.29, 1.82) is 0 Å². The van der Waals surface area contributed by atoms with E-state index in [4.69, 9.17) is 4.74 Å². The fourth-order valence-corrected chi connectivity index (χ4v) is 3.86. The minimum atomic E-state index is -4.75. The van der Waals surface area contributed by atoms with Crippen LogP contribution in [0, 0.1) is 6.92 Å². The van der Waals surface area contributed by atoms with Crippen molar-refractivity contribution < 1.29 is 22.7 Å². The van der Waals surface area contributed by atoms with Crippen molar-refractivity contribution in [2.75, 3.05) is 18.0 Å². The Bertz CT molecular complexity index is 997. The Hall–Kier alpha value is -3.11. The summed E-state index contributed by atoms with van der Waals surface area (Å²) in [4.78, 5) is 38.6. The summed E-state index contributed by atoms with van der Waals surface area (Å²) in [6.45, 7) is 8.32. The summed E-state index contributed by atoms with van der Waals surface area (Å²) < 4.78 is 44.4. The monoisotopic (exact) mass is 453 g/mol. The molecule has 0 bridgehead atoms. The topological polar surface area (TPSA) is 91.4 Å². The van der Waals surface area contributed by atoms with E-state index in [1.165, 1.54) is 6.20 Å². The number of nitrogens with zero attached hydrogens (tertiary/aromatic N) is 4. The van der Waals surface area contributed by atoms with Gasteiger partial charge in [-0.25, -0.2) is 14.8 Å². The first kappa shape index (κ1) is 23.6. The molecular formula is C21H26F3N5O3. The number of pyridine rings is 1. The molecule has 2 aromatic rings. The summed E-state index contributed by atoms with van der Waals surface area (Å²) >= 11 is 0. The van der Waals surface area contributed by atoms with E-state index in [-0.39, 0.29) is 24.1 Å². The minimum absolute atomic E-state index is 0.0333. The smallest absolute Gasteiger partial charge is 0.421 e. The molecule has 11 heteroatoms. The molecular weight excluding hydrogens is 427 g/mol. The minimum Gasteiger partial charge on any atom is -0.446 e. The van der Waals surface area contributed by atoms with Gasteiger partial charge in [0, 0.05) is 38.1 Å². The first-order chi connectivity index (χ1) is 15.0. The number of rotatable bonds is 4. The number of alkyl halides is 3. The van der Waals surface area contributed by atoms with Gasteiger partial charge in [-0.15, -0.1) is 0 Å². The number of halogens is 3. The van der Waals surface area contributed by atoms with Gasteiger partial charge in [-0.3, -0.25) is 9.69 Å². The molecule has 1 fully saturated rings. The van der Waals surface area contributed by atoms with Gasteiger partial charge in [-0.05, 0) is 44.9 Å². The first-order valence-corrected chi connectivity index (χ1v) is 10.3. The van der Waals surface area contributed by atoms with E-state index in [2.05, 4.69) is 15.0 Å². The summed E-state index contributed by atoms with van der Waals surface area (Å²) in [7, 11) is 0. The van der Waals surface area contributed by atoms with Crippen molar-refractivity contribution in [1.82, 2.24) is 19.9 Å². The van der Waals surface area contributed by atoms with Gasteiger partial charge in [0.15, 0.2) is 0 Å². The van der Waals surface area contributed by atoms with Gasteiger partial charge in [0.1, 0.15) is 11.7 Å². The molecule has 3 atom stereocenters. The fourth-order valence-electron chi connectivity index (χ4n) is 3.86. The molecule has 1 aliphatic heterocycles. The molecule has 0 aromatic carbocycles. The molecule has 1 amide bonds. The predicted octanol–water partition coefficient (Wildman–Crippen LogP) is 3.16. The average Bonchev–Trinajstić information content (AvgIpc) is 2.68. The van der Waals surface area contributed by atoms with E-state index >= 15 is 0 Å². The number of carbonyl (C=O) groups is 1. The van der Waals surface area contributed by atoms with Crippen molar-refractivity contribution in [3.05, 3.63) is 51.7 Å². The molecule has 0 spiro atoms. The zero-order chi connectivity index (χ0) is 23.6. The van der Waals surface area contributed by atoms with Crippen LogP contribution in [0.4, 0.5) is 23.9 Å². The highest BCUT2D eigenvalue weighted by Gasteiger charge is 2.36.